The first-order valence-electron chi connectivity index (χ1n) is 30.3. The normalized spacial score (nSPS) is 12.4. The van der Waals surface area contributed by atoms with E-state index in [-0.39, 0.29) is 31.1 Å². The second-order valence-corrected chi connectivity index (χ2v) is 20.3. The van der Waals surface area contributed by atoms with Gasteiger partial charge in [0, 0.05) is 19.3 Å². The lowest BCUT2D eigenvalue weighted by Gasteiger charge is -2.18. The van der Waals surface area contributed by atoms with E-state index in [0.717, 1.165) is 89.9 Å². The Morgan fingerprint density at radius 3 is 0.829 bits per heavy atom. The molecule has 0 bridgehead atoms. The number of carbonyl (C=O) groups is 3. The minimum absolute atomic E-state index is 0.0791. The highest BCUT2D eigenvalue weighted by molar-refractivity contribution is 5.71. The van der Waals surface area contributed by atoms with Crippen LogP contribution in [0.3, 0.4) is 0 Å². The van der Waals surface area contributed by atoms with Crippen molar-refractivity contribution in [3.8, 4) is 0 Å². The fraction of sp³-hybridized carbons (Fsp3) is 0.797. The van der Waals surface area contributed by atoms with Crippen LogP contribution >= 0.6 is 0 Å². The summed E-state index contributed by atoms with van der Waals surface area (Å²) in [6.45, 7) is 6.62. The predicted molar refractivity (Wildman–Crippen MR) is 302 cm³/mol. The Labute approximate surface area is 434 Å². The van der Waals surface area contributed by atoms with Gasteiger partial charge in [0.1, 0.15) is 13.2 Å². The molecule has 1 atom stereocenters. The number of rotatable bonds is 55. The molecule has 0 aromatic heterocycles. The maximum Gasteiger partial charge on any atom is 0.306 e. The van der Waals surface area contributed by atoms with Gasteiger partial charge in [0.2, 0.25) is 0 Å². The average Bonchev–Trinajstić information content (AvgIpc) is 3.36. The summed E-state index contributed by atoms with van der Waals surface area (Å²) in [5.74, 6) is -0.886. The Morgan fingerprint density at radius 2 is 0.514 bits per heavy atom. The van der Waals surface area contributed by atoms with Crippen molar-refractivity contribution in [2.24, 2.45) is 0 Å². The highest BCUT2D eigenvalue weighted by Gasteiger charge is 2.19. The number of hydrogen-bond acceptors (Lipinski definition) is 6. The van der Waals surface area contributed by atoms with Gasteiger partial charge in [-0.3, -0.25) is 14.4 Å². The summed E-state index contributed by atoms with van der Waals surface area (Å²) in [6.07, 6.45) is 73.5. The number of unbranched alkanes of at least 4 members (excludes halogenated alkanes) is 34. The van der Waals surface area contributed by atoms with Gasteiger partial charge in [0.15, 0.2) is 6.10 Å². The van der Waals surface area contributed by atoms with Crippen LogP contribution < -0.4 is 0 Å². The molecule has 1 unspecified atom stereocenters. The van der Waals surface area contributed by atoms with E-state index in [0.29, 0.717) is 19.3 Å². The van der Waals surface area contributed by atoms with Gasteiger partial charge in [-0.15, -0.1) is 0 Å². The largest absolute Gasteiger partial charge is 0.462 e. The van der Waals surface area contributed by atoms with Crippen LogP contribution in [0.1, 0.15) is 310 Å². The van der Waals surface area contributed by atoms with E-state index in [9.17, 15) is 14.4 Å². The second kappa shape index (κ2) is 58.7. The molecular weight excluding hydrogens is 865 g/mol. The van der Waals surface area contributed by atoms with Crippen LogP contribution in [0.2, 0.25) is 0 Å². The number of esters is 3. The predicted octanol–water partition coefficient (Wildman–Crippen LogP) is 20.4. The van der Waals surface area contributed by atoms with Crippen LogP contribution in [0.4, 0.5) is 0 Å². The lowest BCUT2D eigenvalue weighted by atomic mass is 10.0. The Balaban J connectivity index is 4.38. The van der Waals surface area contributed by atoms with Gasteiger partial charge in [-0.05, 0) is 89.9 Å². The number of ether oxygens (including phenoxy) is 3. The SMILES string of the molecule is CCCCC/C=C\C/C=C\CCCCCCCCCC(=O)OC(COC(=O)CCCCCCCC/C=C\C/C=C\C/C=C\CCCCCCC)COC(=O)CCCCCCCCCCCCCCCC. The van der Waals surface area contributed by atoms with Crippen molar-refractivity contribution in [1.29, 1.82) is 0 Å². The van der Waals surface area contributed by atoms with E-state index < -0.39 is 6.10 Å². The van der Waals surface area contributed by atoms with Crippen molar-refractivity contribution >= 4 is 17.9 Å². The molecule has 0 heterocycles. The van der Waals surface area contributed by atoms with Crippen LogP contribution in [0.5, 0.6) is 0 Å². The summed E-state index contributed by atoms with van der Waals surface area (Å²) in [6, 6.07) is 0. The van der Waals surface area contributed by atoms with Crippen LogP contribution in [-0.2, 0) is 28.6 Å². The Morgan fingerprint density at radius 1 is 0.286 bits per heavy atom. The number of carbonyl (C=O) groups excluding carboxylic acids is 3. The molecule has 0 spiro atoms. The molecule has 0 amide bonds. The smallest absolute Gasteiger partial charge is 0.306 e. The molecule has 0 aromatic carbocycles. The molecule has 6 nitrogen and oxygen atoms in total. The second-order valence-electron chi connectivity index (χ2n) is 20.3. The third kappa shape index (κ3) is 56.0. The molecule has 6 heteroatoms. The van der Waals surface area contributed by atoms with Crippen molar-refractivity contribution in [2.45, 2.75) is 316 Å². The van der Waals surface area contributed by atoms with Gasteiger partial charge in [0.05, 0.1) is 0 Å². The van der Waals surface area contributed by atoms with Gasteiger partial charge < -0.3 is 14.2 Å². The molecule has 0 rings (SSSR count). The minimum Gasteiger partial charge on any atom is -0.462 e. The first-order chi connectivity index (χ1) is 34.5. The highest BCUT2D eigenvalue weighted by atomic mass is 16.6. The first-order valence-corrected chi connectivity index (χ1v) is 30.3. The van der Waals surface area contributed by atoms with Gasteiger partial charge in [-0.2, -0.15) is 0 Å². The fourth-order valence-electron chi connectivity index (χ4n) is 8.66. The van der Waals surface area contributed by atoms with Crippen LogP contribution in [-0.4, -0.2) is 37.2 Å². The first kappa shape index (κ1) is 67.1. The third-order valence-electron chi connectivity index (χ3n) is 13.2. The lowest BCUT2D eigenvalue weighted by Crippen LogP contribution is -2.30. The molecule has 406 valence electrons. The summed E-state index contributed by atoms with van der Waals surface area (Å²) >= 11 is 0. The van der Waals surface area contributed by atoms with Gasteiger partial charge in [-0.1, -0.05) is 261 Å². The van der Waals surface area contributed by atoms with Crippen LogP contribution in [0.25, 0.3) is 0 Å². The zero-order valence-electron chi connectivity index (χ0n) is 46.5. The van der Waals surface area contributed by atoms with Crippen molar-refractivity contribution < 1.29 is 28.6 Å². The summed E-state index contributed by atoms with van der Waals surface area (Å²) in [5, 5.41) is 0. The van der Waals surface area contributed by atoms with E-state index >= 15 is 0 Å². The van der Waals surface area contributed by atoms with Gasteiger partial charge in [-0.25, -0.2) is 0 Å². The molecule has 0 radical (unpaired) electrons. The Kier molecular flexibility index (Phi) is 56.3. The summed E-state index contributed by atoms with van der Waals surface area (Å²) in [4.78, 5) is 38.2. The molecule has 0 aliphatic rings. The zero-order chi connectivity index (χ0) is 50.7. The van der Waals surface area contributed by atoms with E-state index in [1.807, 2.05) is 0 Å². The standard InChI is InChI=1S/C64H114O6/c1-4-7-10-13-16-19-22-25-28-30-31-32-33-35-36-39-42-45-48-51-54-57-63(66)69-60-61(59-68-62(65)56-53-50-47-44-41-38-27-24-21-18-15-12-9-6-3)70-64(67)58-55-52-49-46-43-40-37-34-29-26-23-20-17-14-11-8-5-2/h17,20,22,25-26,29-31,33,35,61H,4-16,18-19,21,23-24,27-28,32,34,36-60H2,1-3H3/b20-17-,25-22-,29-26-,31-30-,35-33-. The molecule has 0 aliphatic carbocycles. The molecule has 70 heavy (non-hydrogen) atoms. The summed E-state index contributed by atoms with van der Waals surface area (Å²) in [5.41, 5.74) is 0. The van der Waals surface area contributed by atoms with Crippen molar-refractivity contribution in [3.63, 3.8) is 0 Å². The maximum absolute atomic E-state index is 12.9. The Bertz CT molecular complexity index is 1260. The highest BCUT2D eigenvalue weighted by Crippen LogP contribution is 2.16. The number of hydrogen-bond donors (Lipinski definition) is 0. The van der Waals surface area contributed by atoms with Crippen LogP contribution in [0, 0.1) is 0 Å². The van der Waals surface area contributed by atoms with Crippen molar-refractivity contribution in [3.05, 3.63) is 60.8 Å². The zero-order valence-corrected chi connectivity index (χ0v) is 46.5. The van der Waals surface area contributed by atoms with Gasteiger partial charge >= 0.3 is 17.9 Å². The fourth-order valence-corrected chi connectivity index (χ4v) is 8.66. The molecule has 0 aliphatic heterocycles. The van der Waals surface area contributed by atoms with E-state index in [1.165, 1.54) is 180 Å². The van der Waals surface area contributed by atoms with Gasteiger partial charge in [0.25, 0.3) is 0 Å². The topological polar surface area (TPSA) is 78.9 Å². The Hall–Kier alpha value is -2.89. The monoisotopic (exact) mass is 979 g/mol. The van der Waals surface area contributed by atoms with E-state index in [1.54, 1.807) is 0 Å². The van der Waals surface area contributed by atoms with Crippen molar-refractivity contribution in [1.82, 2.24) is 0 Å². The average molecular weight is 980 g/mol. The molecule has 0 saturated heterocycles. The maximum atomic E-state index is 12.9. The quantitative estimate of drug-likeness (QED) is 0.0261. The summed E-state index contributed by atoms with van der Waals surface area (Å²) in [7, 11) is 0. The minimum atomic E-state index is -0.783. The van der Waals surface area contributed by atoms with E-state index in [2.05, 4.69) is 81.5 Å². The summed E-state index contributed by atoms with van der Waals surface area (Å²) < 4.78 is 16.9. The molecule has 0 N–H and O–H groups in total. The molecule has 0 fully saturated rings. The third-order valence-corrected chi connectivity index (χ3v) is 13.2. The lowest BCUT2D eigenvalue weighted by molar-refractivity contribution is -0.167. The van der Waals surface area contributed by atoms with Crippen LogP contribution in [0.15, 0.2) is 60.8 Å². The molecule has 0 aromatic rings. The molecular formula is C64H114O6. The number of allylic oxidation sites excluding steroid dienone is 10. The molecule has 0 saturated carbocycles. The van der Waals surface area contributed by atoms with Crippen molar-refractivity contribution in [2.75, 3.05) is 13.2 Å². The van der Waals surface area contributed by atoms with E-state index in [4.69, 9.17) is 14.2 Å².